The molecule has 0 aromatic carbocycles. The van der Waals surface area contributed by atoms with Gasteiger partial charge in [0.05, 0.1) is 72.7 Å². The molecule has 0 amide bonds. The van der Waals surface area contributed by atoms with E-state index >= 15 is 0 Å². The molecule has 32 heavy (non-hydrogen) atoms. The topological polar surface area (TPSA) is 102 Å². The SMILES string of the molecule is CCCN(CCO)CCO.COCCOCCN(CCOCCOC)CCOCCOC. The lowest BCUT2D eigenvalue weighted by Crippen LogP contribution is -2.34. The Morgan fingerprint density at radius 3 is 1.09 bits per heavy atom. The Hall–Kier alpha value is -0.400. The molecule has 0 saturated heterocycles. The van der Waals surface area contributed by atoms with Crippen LogP contribution in [-0.2, 0) is 28.4 Å². The summed E-state index contributed by atoms with van der Waals surface area (Å²) in [5, 5.41) is 17.1. The summed E-state index contributed by atoms with van der Waals surface area (Å²) in [6.45, 7) is 13.1. The molecule has 0 heterocycles. The fourth-order valence-corrected chi connectivity index (χ4v) is 2.58. The van der Waals surface area contributed by atoms with Crippen LogP contribution in [0.25, 0.3) is 0 Å². The van der Waals surface area contributed by atoms with E-state index in [1.165, 1.54) is 0 Å². The number of hydrogen-bond acceptors (Lipinski definition) is 10. The minimum Gasteiger partial charge on any atom is -0.395 e. The monoisotopic (exact) mass is 470 g/mol. The molecule has 0 radical (unpaired) electrons. The standard InChI is InChI=1S/C15H33NO6.C7H17NO2/c1-17-10-13-20-7-4-16(5-8-21-14-11-18-2)6-9-22-15-12-19-3;1-2-3-8(4-6-9)5-7-10/h4-15H2,1-3H3;9-10H,2-7H2,1H3. The largest absolute Gasteiger partial charge is 0.395 e. The molecule has 0 fully saturated rings. The Balaban J connectivity index is 0. The number of aliphatic hydroxyl groups is 2. The van der Waals surface area contributed by atoms with Crippen LogP contribution in [0.4, 0.5) is 0 Å². The van der Waals surface area contributed by atoms with E-state index < -0.39 is 0 Å². The zero-order valence-corrected chi connectivity index (χ0v) is 21.0. The molecule has 0 atom stereocenters. The summed E-state index contributed by atoms with van der Waals surface area (Å²) in [5.41, 5.74) is 0. The molecule has 0 unspecified atom stereocenters. The van der Waals surface area contributed by atoms with Gasteiger partial charge in [-0.15, -0.1) is 0 Å². The van der Waals surface area contributed by atoms with Crippen LogP contribution in [0.5, 0.6) is 0 Å². The third kappa shape index (κ3) is 27.6. The molecule has 0 aromatic heterocycles. The molecule has 0 aliphatic rings. The van der Waals surface area contributed by atoms with Crippen LogP contribution < -0.4 is 0 Å². The molecule has 10 nitrogen and oxygen atoms in total. The van der Waals surface area contributed by atoms with Gasteiger partial charge in [-0.2, -0.15) is 0 Å². The van der Waals surface area contributed by atoms with E-state index in [-0.39, 0.29) is 13.2 Å². The first-order chi connectivity index (χ1) is 15.7. The van der Waals surface area contributed by atoms with Crippen LogP contribution in [0.1, 0.15) is 13.3 Å². The highest BCUT2D eigenvalue weighted by Gasteiger charge is 2.05. The highest BCUT2D eigenvalue weighted by molar-refractivity contribution is 4.57. The zero-order valence-electron chi connectivity index (χ0n) is 21.0. The second-order valence-corrected chi connectivity index (χ2v) is 6.95. The summed E-state index contributed by atoms with van der Waals surface area (Å²) < 4.78 is 31.4. The van der Waals surface area contributed by atoms with Crippen molar-refractivity contribution < 1.29 is 38.6 Å². The fourth-order valence-electron chi connectivity index (χ4n) is 2.58. The Morgan fingerprint density at radius 2 is 0.812 bits per heavy atom. The van der Waals surface area contributed by atoms with Crippen molar-refractivity contribution in [2.75, 3.05) is 133 Å². The minimum atomic E-state index is 0.181. The predicted octanol–water partition coefficient (Wildman–Crippen LogP) is -0.0396. The van der Waals surface area contributed by atoms with Crippen molar-refractivity contribution in [3.05, 3.63) is 0 Å². The average Bonchev–Trinajstić information content (AvgIpc) is 2.79. The van der Waals surface area contributed by atoms with Gasteiger partial charge in [-0.3, -0.25) is 9.80 Å². The van der Waals surface area contributed by atoms with Gasteiger partial charge in [0, 0.05) is 54.1 Å². The van der Waals surface area contributed by atoms with Gasteiger partial charge in [0.25, 0.3) is 0 Å². The Morgan fingerprint density at radius 1 is 0.469 bits per heavy atom. The van der Waals surface area contributed by atoms with Gasteiger partial charge in [0.1, 0.15) is 0 Å². The molecule has 0 rings (SSSR count). The summed E-state index contributed by atoms with van der Waals surface area (Å²) >= 11 is 0. The summed E-state index contributed by atoms with van der Waals surface area (Å²) in [6, 6.07) is 0. The van der Waals surface area contributed by atoms with Crippen molar-refractivity contribution in [3.8, 4) is 0 Å². The van der Waals surface area contributed by atoms with Gasteiger partial charge < -0.3 is 38.6 Å². The van der Waals surface area contributed by atoms with Crippen LogP contribution in [0.3, 0.4) is 0 Å². The van der Waals surface area contributed by atoms with Crippen molar-refractivity contribution in [1.82, 2.24) is 9.80 Å². The third-order valence-corrected chi connectivity index (χ3v) is 4.32. The maximum atomic E-state index is 8.57. The summed E-state index contributed by atoms with van der Waals surface area (Å²) in [7, 11) is 5.01. The second kappa shape index (κ2) is 30.6. The normalized spacial score (nSPS) is 11.2. The molecule has 10 heteroatoms. The van der Waals surface area contributed by atoms with Crippen molar-refractivity contribution >= 4 is 0 Å². The molecule has 0 spiro atoms. The van der Waals surface area contributed by atoms with Crippen LogP contribution in [0.2, 0.25) is 0 Å². The van der Waals surface area contributed by atoms with Gasteiger partial charge in [-0.1, -0.05) is 6.92 Å². The summed E-state index contributed by atoms with van der Waals surface area (Å²) in [4.78, 5) is 4.31. The number of rotatable bonds is 24. The lowest BCUT2D eigenvalue weighted by Gasteiger charge is -2.22. The Labute approximate surface area is 195 Å². The molecule has 0 bridgehead atoms. The van der Waals surface area contributed by atoms with Gasteiger partial charge in [-0.05, 0) is 13.0 Å². The number of hydrogen-bond donors (Lipinski definition) is 2. The van der Waals surface area contributed by atoms with E-state index in [0.29, 0.717) is 72.6 Å². The van der Waals surface area contributed by atoms with Crippen molar-refractivity contribution in [3.63, 3.8) is 0 Å². The molecule has 196 valence electrons. The number of ether oxygens (including phenoxy) is 6. The van der Waals surface area contributed by atoms with E-state index in [9.17, 15) is 0 Å². The highest BCUT2D eigenvalue weighted by atomic mass is 16.5. The van der Waals surface area contributed by atoms with Crippen molar-refractivity contribution in [2.24, 2.45) is 0 Å². The average molecular weight is 471 g/mol. The van der Waals surface area contributed by atoms with Crippen LogP contribution >= 0.6 is 0 Å². The molecule has 0 aromatic rings. The fraction of sp³-hybridized carbons (Fsp3) is 1.00. The van der Waals surface area contributed by atoms with Crippen molar-refractivity contribution in [2.45, 2.75) is 13.3 Å². The number of nitrogens with zero attached hydrogens (tertiary/aromatic N) is 2. The first kappa shape index (κ1) is 33.8. The zero-order chi connectivity index (χ0) is 24.1. The number of aliphatic hydroxyl groups excluding tert-OH is 2. The van der Waals surface area contributed by atoms with E-state index in [1.807, 2.05) is 4.90 Å². The summed E-state index contributed by atoms with van der Waals surface area (Å²) in [5.74, 6) is 0. The quantitative estimate of drug-likeness (QED) is 0.187. The first-order valence-corrected chi connectivity index (χ1v) is 11.6. The van der Waals surface area contributed by atoms with E-state index in [4.69, 9.17) is 38.6 Å². The van der Waals surface area contributed by atoms with Gasteiger partial charge >= 0.3 is 0 Å². The molecule has 0 saturated carbocycles. The van der Waals surface area contributed by atoms with Crippen LogP contribution in [-0.4, -0.2) is 153 Å². The molecular formula is C22H50N2O8. The molecule has 2 N–H and O–H groups in total. The molecule has 0 aliphatic heterocycles. The van der Waals surface area contributed by atoms with E-state index in [1.54, 1.807) is 21.3 Å². The van der Waals surface area contributed by atoms with E-state index in [2.05, 4.69) is 11.8 Å². The van der Waals surface area contributed by atoms with Crippen LogP contribution in [0.15, 0.2) is 0 Å². The number of methoxy groups -OCH3 is 3. The van der Waals surface area contributed by atoms with Crippen LogP contribution in [0, 0.1) is 0 Å². The Kier molecular flexibility index (Phi) is 32.3. The summed E-state index contributed by atoms with van der Waals surface area (Å²) in [6.07, 6.45) is 1.07. The van der Waals surface area contributed by atoms with Crippen molar-refractivity contribution in [1.29, 1.82) is 0 Å². The minimum absolute atomic E-state index is 0.181. The maximum absolute atomic E-state index is 8.57. The Bertz CT molecular complexity index is 283. The predicted molar refractivity (Wildman–Crippen MR) is 125 cm³/mol. The first-order valence-electron chi connectivity index (χ1n) is 11.6. The van der Waals surface area contributed by atoms with E-state index in [0.717, 1.165) is 32.6 Å². The molecule has 0 aliphatic carbocycles. The lowest BCUT2D eigenvalue weighted by atomic mass is 10.4. The highest BCUT2D eigenvalue weighted by Crippen LogP contribution is 1.92. The smallest absolute Gasteiger partial charge is 0.0700 e. The molecular weight excluding hydrogens is 420 g/mol. The lowest BCUT2D eigenvalue weighted by molar-refractivity contribution is 0.0223. The van der Waals surface area contributed by atoms with Gasteiger partial charge in [0.2, 0.25) is 0 Å². The van der Waals surface area contributed by atoms with Gasteiger partial charge in [0.15, 0.2) is 0 Å². The van der Waals surface area contributed by atoms with Gasteiger partial charge in [-0.25, -0.2) is 0 Å². The third-order valence-electron chi connectivity index (χ3n) is 4.32. The maximum Gasteiger partial charge on any atom is 0.0700 e. The second-order valence-electron chi connectivity index (χ2n) is 6.95.